The predicted octanol–water partition coefficient (Wildman–Crippen LogP) is 3.73. The fourth-order valence-electron chi connectivity index (χ4n) is 0.468. The minimum atomic E-state index is -6.08. The van der Waals surface area contributed by atoms with Crippen molar-refractivity contribution < 1.29 is 30.7 Å². The first-order valence-electron chi connectivity index (χ1n) is 2.62. The van der Waals surface area contributed by atoms with E-state index in [2.05, 4.69) is 6.58 Å². The third kappa shape index (κ3) is 1.97. The van der Waals surface area contributed by atoms with E-state index in [1.54, 1.807) is 15.9 Å². The quantitative estimate of drug-likeness (QED) is 0.639. The lowest BCUT2D eigenvalue weighted by Crippen LogP contribution is -2.53. The van der Waals surface area contributed by atoms with E-state index in [9.17, 15) is 30.7 Å². The number of halogens is 8. The van der Waals surface area contributed by atoms with Crippen molar-refractivity contribution in [3.63, 3.8) is 0 Å². The van der Waals surface area contributed by atoms with E-state index in [4.69, 9.17) is 0 Å². The maximum Gasteiger partial charge on any atom is 0.436 e. The Labute approximate surface area is 76.5 Å². The Balaban J connectivity index is 5.35. The molecule has 0 fully saturated rings. The van der Waals surface area contributed by atoms with Crippen molar-refractivity contribution in [1.29, 1.82) is 0 Å². The Bertz CT molecular complexity index is 198. The summed E-state index contributed by atoms with van der Waals surface area (Å²) in [5.41, 5.74) is -5.40. The molecule has 0 saturated carbocycles. The first-order valence-corrected chi connectivity index (χ1v) is 3.41. The molecule has 78 valence electrons. The normalized spacial score (nSPS) is 14.5. The number of rotatable bonds is 1. The molecule has 0 spiro atoms. The highest BCUT2D eigenvalue weighted by Gasteiger charge is 2.73. The highest BCUT2D eigenvalue weighted by Crippen LogP contribution is 2.51. The summed E-state index contributed by atoms with van der Waals surface area (Å²) in [7, 11) is 0. The Morgan fingerprint density at radius 2 is 1.08 bits per heavy atom. The van der Waals surface area contributed by atoms with Gasteiger partial charge in [0.25, 0.3) is 0 Å². The summed E-state index contributed by atoms with van der Waals surface area (Å²) in [5.74, 6) is 0. The summed E-state index contributed by atoms with van der Waals surface area (Å²) in [6, 6.07) is 0. The van der Waals surface area contributed by atoms with E-state index in [0.717, 1.165) is 0 Å². The van der Waals surface area contributed by atoms with Gasteiger partial charge in [-0.1, -0.05) is 22.5 Å². The third-order valence-electron chi connectivity index (χ3n) is 1.16. The zero-order valence-corrected chi connectivity index (χ0v) is 7.32. The summed E-state index contributed by atoms with van der Waals surface area (Å²) in [6.07, 6.45) is -12.2. The van der Waals surface area contributed by atoms with Gasteiger partial charge in [-0.3, -0.25) is 0 Å². The molecule has 0 radical (unpaired) electrons. The van der Waals surface area contributed by atoms with E-state index in [0.29, 0.717) is 0 Å². The monoisotopic (exact) mass is 274 g/mol. The predicted molar refractivity (Wildman–Crippen MR) is 34.0 cm³/mol. The molecule has 0 bridgehead atoms. The van der Waals surface area contributed by atoms with Gasteiger partial charge in [0.15, 0.2) is 0 Å². The van der Waals surface area contributed by atoms with Crippen LogP contribution in [0.25, 0.3) is 0 Å². The smallest absolute Gasteiger partial charge is 0.218 e. The lowest BCUT2D eigenvalue weighted by Gasteiger charge is -2.29. The van der Waals surface area contributed by atoms with Crippen molar-refractivity contribution in [1.82, 2.24) is 0 Å². The standard InChI is InChI=1S/C5H2BrF7/c1-2(6)3(7,4(8,9)10)5(11,12)13/h1H2. The molecule has 0 saturated heterocycles. The van der Waals surface area contributed by atoms with Crippen LogP contribution in [0.1, 0.15) is 0 Å². The lowest BCUT2D eigenvalue weighted by molar-refractivity contribution is -0.323. The van der Waals surface area contributed by atoms with Gasteiger partial charge in [0.05, 0.1) is 0 Å². The number of hydrogen-bond donors (Lipinski definition) is 0. The molecule has 0 aromatic rings. The Hall–Kier alpha value is -0.270. The van der Waals surface area contributed by atoms with Gasteiger partial charge < -0.3 is 0 Å². The van der Waals surface area contributed by atoms with Gasteiger partial charge in [-0.05, 0) is 0 Å². The third-order valence-corrected chi connectivity index (χ3v) is 1.70. The fraction of sp³-hybridized carbons (Fsp3) is 0.600. The van der Waals surface area contributed by atoms with Crippen LogP contribution >= 0.6 is 15.9 Å². The summed E-state index contributed by atoms with van der Waals surface area (Å²) in [6.45, 7) is 2.26. The van der Waals surface area contributed by atoms with Crippen molar-refractivity contribution in [3.05, 3.63) is 11.1 Å². The van der Waals surface area contributed by atoms with Crippen molar-refractivity contribution in [2.24, 2.45) is 0 Å². The minimum absolute atomic E-state index is 1.76. The highest BCUT2D eigenvalue weighted by atomic mass is 79.9. The Morgan fingerprint density at radius 3 is 1.08 bits per heavy atom. The number of hydrogen-bond acceptors (Lipinski definition) is 0. The molecule has 0 aliphatic rings. The van der Waals surface area contributed by atoms with Crippen LogP contribution in [0, 0.1) is 0 Å². The molecule has 0 aromatic carbocycles. The van der Waals surface area contributed by atoms with Gasteiger partial charge in [-0.25, -0.2) is 4.39 Å². The second-order valence-corrected chi connectivity index (χ2v) is 3.02. The summed E-state index contributed by atoms with van der Waals surface area (Å²) in [5, 5.41) is 0. The molecule has 0 aliphatic heterocycles. The van der Waals surface area contributed by atoms with Gasteiger partial charge in [0, 0.05) is 4.48 Å². The highest BCUT2D eigenvalue weighted by molar-refractivity contribution is 9.11. The zero-order valence-electron chi connectivity index (χ0n) is 5.73. The van der Waals surface area contributed by atoms with Crippen LogP contribution in [-0.2, 0) is 0 Å². The molecule has 0 aromatic heterocycles. The van der Waals surface area contributed by atoms with Gasteiger partial charge in [0.2, 0.25) is 0 Å². The Kier molecular flexibility index (Phi) is 3.08. The Morgan fingerprint density at radius 1 is 0.846 bits per heavy atom. The van der Waals surface area contributed by atoms with Crippen LogP contribution in [0.3, 0.4) is 0 Å². The first kappa shape index (κ1) is 12.7. The van der Waals surface area contributed by atoms with Crippen molar-refractivity contribution in [2.45, 2.75) is 18.0 Å². The first-order chi connectivity index (χ1) is 5.44. The van der Waals surface area contributed by atoms with Crippen LogP contribution in [-0.4, -0.2) is 18.0 Å². The summed E-state index contributed by atoms with van der Waals surface area (Å²) in [4.78, 5) is 0. The van der Waals surface area contributed by atoms with E-state index in [1.807, 2.05) is 0 Å². The average molecular weight is 275 g/mol. The fourth-order valence-corrected chi connectivity index (χ4v) is 0.918. The minimum Gasteiger partial charge on any atom is -0.218 e. The molecule has 0 nitrogen and oxygen atoms in total. The van der Waals surface area contributed by atoms with E-state index >= 15 is 0 Å². The average Bonchev–Trinajstić information content (AvgIpc) is 1.80. The molecule has 8 heteroatoms. The zero-order chi connectivity index (χ0) is 11.1. The molecular weight excluding hydrogens is 273 g/mol. The molecule has 0 amide bonds. The molecule has 0 N–H and O–H groups in total. The van der Waals surface area contributed by atoms with Crippen LogP contribution < -0.4 is 0 Å². The van der Waals surface area contributed by atoms with Gasteiger partial charge in [0.1, 0.15) is 0 Å². The lowest BCUT2D eigenvalue weighted by atomic mass is 10.1. The van der Waals surface area contributed by atoms with Crippen LogP contribution in [0.15, 0.2) is 11.1 Å². The van der Waals surface area contributed by atoms with Gasteiger partial charge in [-0.15, -0.1) is 0 Å². The second kappa shape index (κ2) is 3.14. The van der Waals surface area contributed by atoms with E-state index in [1.165, 1.54) is 0 Å². The topological polar surface area (TPSA) is 0 Å². The number of allylic oxidation sites excluding steroid dienone is 1. The summed E-state index contributed by atoms with van der Waals surface area (Å²) < 4.78 is 80.7. The molecular formula is C5H2BrF7. The number of alkyl halides is 7. The molecule has 0 aliphatic carbocycles. The summed E-state index contributed by atoms with van der Waals surface area (Å²) >= 11 is 1.76. The van der Waals surface area contributed by atoms with Gasteiger partial charge in [-0.2, -0.15) is 26.3 Å². The molecule has 0 heterocycles. The molecule has 0 rings (SSSR count). The van der Waals surface area contributed by atoms with Crippen molar-refractivity contribution in [3.8, 4) is 0 Å². The van der Waals surface area contributed by atoms with Crippen molar-refractivity contribution in [2.75, 3.05) is 0 Å². The van der Waals surface area contributed by atoms with Gasteiger partial charge >= 0.3 is 18.0 Å². The largest absolute Gasteiger partial charge is 0.436 e. The molecule has 0 unspecified atom stereocenters. The van der Waals surface area contributed by atoms with Crippen LogP contribution in [0.2, 0.25) is 0 Å². The maximum atomic E-state index is 12.5. The SMILES string of the molecule is C=C(Br)C(F)(C(F)(F)F)C(F)(F)F. The van der Waals surface area contributed by atoms with Crippen LogP contribution in [0.4, 0.5) is 30.7 Å². The van der Waals surface area contributed by atoms with E-state index in [-0.39, 0.29) is 0 Å². The second-order valence-electron chi connectivity index (χ2n) is 2.06. The maximum absolute atomic E-state index is 12.5. The molecule has 13 heavy (non-hydrogen) atoms. The van der Waals surface area contributed by atoms with Crippen molar-refractivity contribution >= 4 is 15.9 Å². The van der Waals surface area contributed by atoms with Crippen LogP contribution in [0.5, 0.6) is 0 Å². The molecule has 0 atom stereocenters. The van der Waals surface area contributed by atoms with E-state index < -0.39 is 22.5 Å².